The Morgan fingerprint density at radius 2 is 1.90 bits per heavy atom. The molecular formula is C13H12F3N3O. The molecule has 0 aliphatic heterocycles. The normalized spacial score (nSPS) is 11.2. The molecule has 2 rings (SSSR count). The lowest BCUT2D eigenvalue weighted by molar-refractivity contribution is -0.137. The fraction of sp³-hybridized carbons (Fsp3) is 0.154. The van der Waals surface area contributed by atoms with Gasteiger partial charge in [-0.25, -0.2) is 10.8 Å². The second kappa shape index (κ2) is 5.79. The zero-order chi connectivity index (χ0) is 14.6. The summed E-state index contributed by atoms with van der Waals surface area (Å²) in [7, 11) is 0. The van der Waals surface area contributed by atoms with Crippen LogP contribution < -0.4 is 16.0 Å². The molecule has 7 heteroatoms. The molecule has 0 saturated heterocycles. The van der Waals surface area contributed by atoms with E-state index >= 15 is 0 Å². The van der Waals surface area contributed by atoms with E-state index in [1.165, 1.54) is 12.1 Å². The summed E-state index contributed by atoms with van der Waals surface area (Å²) in [6, 6.07) is 9.76. The van der Waals surface area contributed by atoms with Crippen LogP contribution >= 0.6 is 0 Å². The third-order valence-corrected chi connectivity index (χ3v) is 2.50. The van der Waals surface area contributed by atoms with Crippen molar-refractivity contribution >= 4 is 5.82 Å². The minimum atomic E-state index is -4.39. The van der Waals surface area contributed by atoms with Crippen LogP contribution in [0.1, 0.15) is 11.3 Å². The maximum Gasteiger partial charge on any atom is 0.416 e. The highest BCUT2D eigenvalue weighted by Gasteiger charge is 2.30. The second-order valence-corrected chi connectivity index (χ2v) is 3.97. The molecule has 3 N–H and O–H groups in total. The molecule has 0 radical (unpaired) electrons. The van der Waals surface area contributed by atoms with Crippen LogP contribution in [-0.2, 0) is 12.8 Å². The summed E-state index contributed by atoms with van der Waals surface area (Å²) in [5.74, 6) is 5.80. The van der Waals surface area contributed by atoms with E-state index in [-0.39, 0.29) is 12.4 Å². The lowest BCUT2D eigenvalue weighted by atomic mass is 10.2. The van der Waals surface area contributed by atoms with Gasteiger partial charge in [-0.15, -0.1) is 0 Å². The van der Waals surface area contributed by atoms with E-state index < -0.39 is 11.7 Å². The number of hydrogen-bond acceptors (Lipinski definition) is 4. The average molecular weight is 283 g/mol. The maximum absolute atomic E-state index is 12.5. The lowest BCUT2D eigenvalue weighted by Crippen LogP contribution is -2.10. The van der Waals surface area contributed by atoms with Crippen molar-refractivity contribution < 1.29 is 17.9 Å². The Morgan fingerprint density at radius 1 is 1.15 bits per heavy atom. The highest BCUT2D eigenvalue weighted by molar-refractivity contribution is 5.34. The molecule has 0 aliphatic carbocycles. The molecule has 0 aliphatic rings. The van der Waals surface area contributed by atoms with E-state index in [9.17, 15) is 13.2 Å². The first-order valence-corrected chi connectivity index (χ1v) is 5.71. The molecule has 1 aromatic heterocycles. The van der Waals surface area contributed by atoms with E-state index in [1.807, 2.05) is 0 Å². The molecule has 0 saturated carbocycles. The van der Waals surface area contributed by atoms with Crippen LogP contribution in [0.25, 0.3) is 0 Å². The highest BCUT2D eigenvalue weighted by Crippen LogP contribution is 2.31. The van der Waals surface area contributed by atoms with Crippen molar-refractivity contribution in [2.45, 2.75) is 12.8 Å². The molecule has 0 unspecified atom stereocenters. The molecule has 1 aromatic carbocycles. The highest BCUT2D eigenvalue weighted by atomic mass is 19.4. The van der Waals surface area contributed by atoms with E-state index in [0.29, 0.717) is 11.5 Å². The van der Waals surface area contributed by atoms with Gasteiger partial charge in [0.25, 0.3) is 0 Å². The van der Waals surface area contributed by atoms with Crippen molar-refractivity contribution in [2.75, 3.05) is 5.43 Å². The first kappa shape index (κ1) is 14.1. The molecule has 0 atom stereocenters. The minimum Gasteiger partial charge on any atom is -0.487 e. The number of nitrogens with zero attached hydrogens (tertiary/aromatic N) is 1. The lowest BCUT2D eigenvalue weighted by Gasteiger charge is -2.10. The van der Waals surface area contributed by atoms with Gasteiger partial charge in [0.2, 0.25) is 0 Å². The smallest absolute Gasteiger partial charge is 0.416 e. The minimum absolute atomic E-state index is 0.0524. The summed E-state index contributed by atoms with van der Waals surface area (Å²) in [6.45, 7) is 0.0524. The topological polar surface area (TPSA) is 60.2 Å². The van der Waals surface area contributed by atoms with Crippen LogP contribution in [0.4, 0.5) is 19.0 Å². The number of rotatable bonds is 4. The van der Waals surface area contributed by atoms with Crippen LogP contribution in [0.2, 0.25) is 0 Å². The van der Waals surface area contributed by atoms with E-state index in [1.54, 1.807) is 18.2 Å². The first-order chi connectivity index (χ1) is 9.49. The van der Waals surface area contributed by atoms with Crippen molar-refractivity contribution in [3.8, 4) is 5.75 Å². The number of nitrogens with one attached hydrogen (secondary N) is 1. The van der Waals surface area contributed by atoms with Crippen LogP contribution in [0.3, 0.4) is 0 Å². The number of aromatic nitrogens is 1. The zero-order valence-electron chi connectivity index (χ0n) is 10.3. The van der Waals surface area contributed by atoms with Gasteiger partial charge in [0.1, 0.15) is 18.2 Å². The van der Waals surface area contributed by atoms with Crippen molar-refractivity contribution in [3.05, 3.63) is 53.7 Å². The Labute approximate surface area is 113 Å². The van der Waals surface area contributed by atoms with Gasteiger partial charge in [-0.2, -0.15) is 13.2 Å². The average Bonchev–Trinajstić information content (AvgIpc) is 2.45. The number of benzene rings is 1. The van der Waals surface area contributed by atoms with Gasteiger partial charge < -0.3 is 10.2 Å². The molecule has 1 heterocycles. The number of hydrogen-bond donors (Lipinski definition) is 2. The first-order valence-electron chi connectivity index (χ1n) is 5.71. The van der Waals surface area contributed by atoms with Gasteiger partial charge in [-0.1, -0.05) is 12.1 Å². The van der Waals surface area contributed by atoms with Gasteiger partial charge >= 0.3 is 6.18 Å². The number of nitrogens with two attached hydrogens (primary N) is 1. The number of halogens is 3. The van der Waals surface area contributed by atoms with E-state index in [2.05, 4.69) is 10.4 Å². The van der Waals surface area contributed by atoms with E-state index in [0.717, 1.165) is 12.1 Å². The van der Waals surface area contributed by atoms with Gasteiger partial charge in [-0.3, -0.25) is 0 Å². The Kier molecular flexibility index (Phi) is 4.09. The van der Waals surface area contributed by atoms with Crippen molar-refractivity contribution in [2.24, 2.45) is 5.84 Å². The molecule has 106 valence electrons. The third kappa shape index (κ3) is 3.61. The van der Waals surface area contributed by atoms with Crippen LogP contribution in [0.15, 0.2) is 42.5 Å². The van der Waals surface area contributed by atoms with Gasteiger partial charge in [0.05, 0.1) is 11.3 Å². The number of alkyl halides is 3. The number of hydrazine groups is 1. The Hall–Kier alpha value is -2.28. The quantitative estimate of drug-likeness (QED) is 0.669. The fourth-order valence-electron chi connectivity index (χ4n) is 1.56. The SMILES string of the molecule is NNc1cccc(COc2cccc(C(F)(F)F)c2)n1. The fourth-order valence-corrected chi connectivity index (χ4v) is 1.56. The molecule has 2 aromatic rings. The number of ether oxygens (including phenoxy) is 1. The number of nitrogen functional groups attached to an aromatic ring is 1. The number of pyridine rings is 1. The largest absolute Gasteiger partial charge is 0.487 e. The summed E-state index contributed by atoms with van der Waals surface area (Å²) in [4.78, 5) is 4.09. The molecule has 4 nitrogen and oxygen atoms in total. The Balaban J connectivity index is 2.07. The van der Waals surface area contributed by atoms with Crippen molar-refractivity contribution in [1.82, 2.24) is 4.98 Å². The van der Waals surface area contributed by atoms with Crippen LogP contribution in [0.5, 0.6) is 5.75 Å². The molecular weight excluding hydrogens is 271 g/mol. The van der Waals surface area contributed by atoms with Gasteiger partial charge in [-0.05, 0) is 30.3 Å². The molecule has 20 heavy (non-hydrogen) atoms. The number of anilines is 1. The predicted octanol–water partition coefficient (Wildman–Crippen LogP) is 2.97. The summed E-state index contributed by atoms with van der Waals surface area (Å²) in [5, 5.41) is 0. The second-order valence-electron chi connectivity index (χ2n) is 3.97. The zero-order valence-corrected chi connectivity index (χ0v) is 10.3. The maximum atomic E-state index is 12.5. The summed E-state index contributed by atoms with van der Waals surface area (Å²) < 4.78 is 42.9. The predicted molar refractivity (Wildman–Crippen MR) is 67.8 cm³/mol. The molecule has 0 fully saturated rings. The Morgan fingerprint density at radius 3 is 2.60 bits per heavy atom. The van der Waals surface area contributed by atoms with Crippen molar-refractivity contribution in [3.63, 3.8) is 0 Å². The van der Waals surface area contributed by atoms with Crippen LogP contribution in [0, 0.1) is 0 Å². The molecule has 0 amide bonds. The van der Waals surface area contributed by atoms with Gasteiger partial charge in [0.15, 0.2) is 0 Å². The third-order valence-electron chi connectivity index (χ3n) is 2.50. The molecule has 0 spiro atoms. The van der Waals surface area contributed by atoms with Gasteiger partial charge in [0, 0.05) is 0 Å². The summed E-state index contributed by atoms with van der Waals surface area (Å²) in [6.07, 6.45) is -4.39. The van der Waals surface area contributed by atoms with E-state index in [4.69, 9.17) is 10.6 Å². The summed E-state index contributed by atoms with van der Waals surface area (Å²) >= 11 is 0. The monoisotopic (exact) mass is 283 g/mol. The standard InChI is InChI=1S/C13H12F3N3O/c14-13(15,16)9-3-1-5-11(7-9)20-8-10-4-2-6-12(18-10)19-17/h1-7H,8,17H2,(H,18,19). The Bertz CT molecular complexity index is 587. The summed E-state index contributed by atoms with van der Waals surface area (Å²) in [5.41, 5.74) is 2.18. The van der Waals surface area contributed by atoms with Crippen molar-refractivity contribution in [1.29, 1.82) is 0 Å². The van der Waals surface area contributed by atoms with Crippen LogP contribution in [-0.4, -0.2) is 4.98 Å². The molecule has 0 bridgehead atoms.